The van der Waals surface area contributed by atoms with E-state index in [0.717, 1.165) is 19.3 Å². The third kappa shape index (κ3) is 4.91. The zero-order valence-electron chi connectivity index (χ0n) is 10.6. The second kappa shape index (κ2) is 6.49. The summed E-state index contributed by atoms with van der Waals surface area (Å²) in [7, 11) is -3.37. The molecule has 6 nitrogen and oxygen atoms in total. The van der Waals surface area contributed by atoms with Gasteiger partial charge in [0.15, 0.2) is 0 Å². The minimum Gasteiger partial charge on any atom is -0.481 e. The molecule has 7 heteroatoms. The predicted octanol–water partition coefficient (Wildman–Crippen LogP) is 0.587. The van der Waals surface area contributed by atoms with Crippen molar-refractivity contribution in [1.29, 1.82) is 0 Å². The Labute approximate surface area is 108 Å². The summed E-state index contributed by atoms with van der Waals surface area (Å²) in [5.74, 6) is -0.951. The van der Waals surface area contributed by atoms with E-state index in [9.17, 15) is 13.2 Å². The number of hydrogen-bond donors (Lipinski definition) is 2. The molecule has 0 heterocycles. The fourth-order valence-electron chi connectivity index (χ4n) is 2.06. The molecule has 1 aliphatic carbocycles. The summed E-state index contributed by atoms with van der Waals surface area (Å²) in [5, 5.41) is 8.82. The molecule has 1 aliphatic rings. The van der Waals surface area contributed by atoms with Crippen molar-refractivity contribution in [2.45, 2.75) is 32.6 Å². The van der Waals surface area contributed by atoms with Gasteiger partial charge in [-0.3, -0.25) is 4.79 Å². The first kappa shape index (κ1) is 15.4. The molecule has 0 aliphatic heterocycles. The Kier molecular flexibility index (Phi) is 5.55. The van der Waals surface area contributed by atoms with Crippen LogP contribution in [0.15, 0.2) is 0 Å². The molecule has 0 aromatic carbocycles. The molecule has 0 unspecified atom stereocenters. The van der Waals surface area contributed by atoms with E-state index >= 15 is 0 Å². The Hall–Kier alpha value is -0.660. The lowest BCUT2D eigenvalue weighted by molar-refractivity contribution is -0.141. The van der Waals surface area contributed by atoms with Crippen LogP contribution < -0.4 is 4.72 Å². The van der Waals surface area contributed by atoms with E-state index < -0.39 is 16.0 Å². The van der Waals surface area contributed by atoms with Gasteiger partial charge in [-0.15, -0.1) is 0 Å². The minimum atomic E-state index is -3.37. The Balaban J connectivity index is 2.40. The van der Waals surface area contributed by atoms with Crippen molar-refractivity contribution in [3.05, 3.63) is 0 Å². The van der Waals surface area contributed by atoms with Gasteiger partial charge in [0.25, 0.3) is 0 Å². The maximum absolute atomic E-state index is 11.6. The fraction of sp³-hybridized carbons (Fsp3) is 0.909. The van der Waals surface area contributed by atoms with Gasteiger partial charge in [0, 0.05) is 13.2 Å². The lowest BCUT2D eigenvalue weighted by Crippen LogP contribution is -2.44. The van der Waals surface area contributed by atoms with Gasteiger partial charge < -0.3 is 9.84 Å². The zero-order valence-corrected chi connectivity index (χ0v) is 11.5. The van der Waals surface area contributed by atoms with Crippen LogP contribution in [0.4, 0.5) is 0 Å². The number of aliphatic carboxylic acids is 1. The minimum absolute atomic E-state index is 0.0287. The second-order valence-electron chi connectivity index (χ2n) is 4.76. The van der Waals surface area contributed by atoms with Crippen LogP contribution in [0, 0.1) is 5.41 Å². The summed E-state index contributed by atoms with van der Waals surface area (Å²) in [5.41, 5.74) is -0.384. The van der Waals surface area contributed by atoms with Crippen LogP contribution in [-0.2, 0) is 19.6 Å². The van der Waals surface area contributed by atoms with Gasteiger partial charge in [0.2, 0.25) is 10.0 Å². The lowest BCUT2D eigenvalue weighted by Gasteiger charge is -2.40. The van der Waals surface area contributed by atoms with Gasteiger partial charge in [-0.25, -0.2) is 13.1 Å². The van der Waals surface area contributed by atoms with E-state index in [4.69, 9.17) is 9.84 Å². The molecule has 0 aromatic heterocycles. The highest BCUT2D eigenvalue weighted by Gasteiger charge is 2.39. The molecule has 1 rings (SSSR count). The maximum Gasteiger partial charge on any atom is 0.303 e. The third-order valence-electron chi connectivity index (χ3n) is 3.31. The van der Waals surface area contributed by atoms with Crippen LogP contribution in [-0.4, -0.2) is 45.0 Å². The highest BCUT2D eigenvalue weighted by Crippen LogP contribution is 2.43. The largest absolute Gasteiger partial charge is 0.481 e. The first-order chi connectivity index (χ1) is 8.39. The normalized spacial score (nSPS) is 18.3. The molecule has 1 fully saturated rings. The average Bonchev–Trinajstić information content (AvgIpc) is 2.22. The van der Waals surface area contributed by atoms with Crippen LogP contribution in [0.2, 0.25) is 0 Å². The van der Waals surface area contributed by atoms with Crippen LogP contribution >= 0.6 is 0 Å². The van der Waals surface area contributed by atoms with Crippen molar-refractivity contribution in [1.82, 2.24) is 4.72 Å². The number of sulfonamides is 1. The SMILES string of the molecule is CCOCCS(=O)(=O)NCC1(CC(=O)O)CCC1. The molecule has 0 amide bonds. The predicted molar refractivity (Wildman–Crippen MR) is 66.8 cm³/mol. The van der Waals surface area contributed by atoms with E-state index in [1.165, 1.54) is 0 Å². The summed E-state index contributed by atoms with van der Waals surface area (Å²) < 4.78 is 30.8. The van der Waals surface area contributed by atoms with Crippen molar-refractivity contribution in [3.8, 4) is 0 Å². The second-order valence-corrected chi connectivity index (χ2v) is 6.69. The van der Waals surface area contributed by atoms with Crippen LogP contribution in [0.25, 0.3) is 0 Å². The van der Waals surface area contributed by atoms with Crippen LogP contribution in [0.3, 0.4) is 0 Å². The molecular weight excluding hydrogens is 258 g/mol. The number of ether oxygens (including phenoxy) is 1. The summed E-state index contributed by atoms with van der Waals surface area (Å²) in [4.78, 5) is 10.7. The quantitative estimate of drug-likeness (QED) is 0.602. The Morgan fingerprint density at radius 2 is 2.11 bits per heavy atom. The number of carboxylic acids is 1. The third-order valence-corrected chi connectivity index (χ3v) is 4.60. The van der Waals surface area contributed by atoms with Crippen LogP contribution in [0.5, 0.6) is 0 Å². The monoisotopic (exact) mass is 279 g/mol. The molecular formula is C11H21NO5S. The molecule has 0 bridgehead atoms. The first-order valence-corrected chi connectivity index (χ1v) is 7.81. The van der Waals surface area contributed by atoms with Crippen molar-refractivity contribution in [2.75, 3.05) is 25.5 Å². The highest BCUT2D eigenvalue weighted by atomic mass is 32.2. The number of nitrogens with one attached hydrogen (secondary N) is 1. The average molecular weight is 279 g/mol. The van der Waals surface area contributed by atoms with Gasteiger partial charge in [-0.05, 0) is 25.2 Å². The molecule has 1 saturated carbocycles. The van der Waals surface area contributed by atoms with Gasteiger partial charge >= 0.3 is 5.97 Å². The number of rotatable bonds is 9. The van der Waals surface area contributed by atoms with Gasteiger partial charge in [0.1, 0.15) is 0 Å². The lowest BCUT2D eigenvalue weighted by atomic mass is 9.67. The topological polar surface area (TPSA) is 92.7 Å². The highest BCUT2D eigenvalue weighted by molar-refractivity contribution is 7.89. The van der Waals surface area contributed by atoms with Gasteiger partial charge in [-0.1, -0.05) is 6.42 Å². The van der Waals surface area contributed by atoms with Crippen molar-refractivity contribution in [2.24, 2.45) is 5.41 Å². The Morgan fingerprint density at radius 1 is 1.44 bits per heavy atom. The number of carbonyl (C=O) groups is 1. The van der Waals surface area contributed by atoms with Crippen LogP contribution in [0.1, 0.15) is 32.6 Å². The van der Waals surface area contributed by atoms with Crippen molar-refractivity contribution < 1.29 is 23.1 Å². The van der Waals surface area contributed by atoms with E-state index in [0.29, 0.717) is 6.61 Å². The molecule has 0 aromatic rings. The molecule has 106 valence electrons. The zero-order chi connectivity index (χ0) is 13.6. The standard InChI is InChI=1S/C11H21NO5S/c1-2-17-6-7-18(15,16)12-9-11(4-3-5-11)8-10(13)14/h12H,2-9H2,1H3,(H,13,14). The number of hydrogen-bond acceptors (Lipinski definition) is 4. The summed E-state index contributed by atoms with van der Waals surface area (Å²) in [6.07, 6.45) is 2.54. The van der Waals surface area contributed by atoms with E-state index in [2.05, 4.69) is 4.72 Å². The van der Waals surface area contributed by atoms with Crippen molar-refractivity contribution >= 4 is 16.0 Å². The molecule has 0 saturated heterocycles. The summed E-state index contributed by atoms with van der Waals surface area (Å²) >= 11 is 0. The summed E-state index contributed by atoms with van der Waals surface area (Å²) in [6.45, 7) is 2.67. The van der Waals surface area contributed by atoms with E-state index in [1.54, 1.807) is 6.92 Å². The van der Waals surface area contributed by atoms with Gasteiger partial charge in [-0.2, -0.15) is 0 Å². The van der Waals surface area contributed by atoms with Crippen molar-refractivity contribution in [3.63, 3.8) is 0 Å². The summed E-state index contributed by atoms with van der Waals surface area (Å²) in [6, 6.07) is 0. The molecule has 2 N–H and O–H groups in total. The van der Waals surface area contributed by atoms with E-state index in [1.807, 2.05) is 0 Å². The molecule has 18 heavy (non-hydrogen) atoms. The van der Waals surface area contributed by atoms with E-state index in [-0.39, 0.29) is 30.7 Å². The molecule has 0 radical (unpaired) electrons. The maximum atomic E-state index is 11.6. The fourth-order valence-corrected chi connectivity index (χ4v) is 3.07. The smallest absolute Gasteiger partial charge is 0.303 e. The molecule has 0 atom stereocenters. The van der Waals surface area contributed by atoms with Gasteiger partial charge in [0.05, 0.1) is 18.8 Å². The number of carboxylic acid groups (broad SMARTS) is 1. The Morgan fingerprint density at radius 3 is 2.56 bits per heavy atom. The Bertz CT molecular complexity index is 375. The first-order valence-electron chi connectivity index (χ1n) is 6.16. The molecule has 0 spiro atoms.